The molecule has 1 saturated heterocycles. The van der Waals surface area contributed by atoms with Gasteiger partial charge in [0.1, 0.15) is 0 Å². The van der Waals surface area contributed by atoms with Crippen LogP contribution in [0.4, 0.5) is 5.69 Å². The van der Waals surface area contributed by atoms with Crippen molar-refractivity contribution in [1.82, 2.24) is 4.90 Å². The first-order valence-corrected chi connectivity index (χ1v) is 11.7. The van der Waals surface area contributed by atoms with Crippen molar-refractivity contribution >= 4 is 17.5 Å². The molecular weight excluding hydrogens is 398 g/mol. The standard InChI is InChI=1S/C27H31N3O2/c1-19-14-20(2)18-29(17-19)27(32)24-10-11-25-23(15-24)4-3-13-30(25)26(31)12-9-21-5-7-22(16-28)8-6-21/h5-8,10-11,15,19-20H,3-4,9,12-14,17-18H2,1-2H3. The molecule has 166 valence electrons. The molecule has 0 saturated carbocycles. The minimum atomic E-state index is 0.105. The van der Waals surface area contributed by atoms with Crippen LogP contribution in [-0.4, -0.2) is 36.3 Å². The first-order valence-electron chi connectivity index (χ1n) is 11.7. The normalized spacial score (nSPS) is 20.4. The monoisotopic (exact) mass is 429 g/mol. The Labute approximate surface area is 190 Å². The second-order valence-electron chi connectivity index (χ2n) is 9.46. The maximum absolute atomic E-state index is 13.1. The van der Waals surface area contributed by atoms with Gasteiger partial charge in [-0.15, -0.1) is 0 Å². The van der Waals surface area contributed by atoms with E-state index in [1.54, 1.807) is 12.1 Å². The first-order chi connectivity index (χ1) is 15.4. The van der Waals surface area contributed by atoms with Crippen LogP contribution in [0.25, 0.3) is 0 Å². The van der Waals surface area contributed by atoms with E-state index in [0.29, 0.717) is 36.8 Å². The van der Waals surface area contributed by atoms with Gasteiger partial charge in [-0.25, -0.2) is 0 Å². The van der Waals surface area contributed by atoms with Gasteiger partial charge >= 0.3 is 0 Å². The Hall–Kier alpha value is -3.13. The highest BCUT2D eigenvalue weighted by atomic mass is 16.2. The van der Waals surface area contributed by atoms with Crippen molar-refractivity contribution in [2.75, 3.05) is 24.5 Å². The molecule has 2 aliphatic heterocycles. The number of amides is 2. The first kappa shape index (κ1) is 22.1. The lowest BCUT2D eigenvalue weighted by Crippen LogP contribution is -2.42. The van der Waals surface area contributed by atoms with E-state index in [9.17, 15) is 9.59 Å². The molecule has 0 bridgehead atoms. The molecule has 2 heterocycles. The molecule has 2 aromatic rings. The van der Waals surface area contributed by atoms with Crippen molar-refractivity contribution in [3.05, 3.63) is 64.7 Å². The SMILES string of the molecule is CC1CC(C)CN(C(=O)c2ccc3c(c2)CCCN3C(=O)CCc2ccc(C#N)cc2)C1. The van der Waals surface area contributed by atoms with E-state index in [-0.39, 0.29) is 11.8 Å². The summed E-state index contributed by atoms with van der Waals surface area (Å²) in [6.45, 7) is 6.78. The van der Waals surface area contributed by atoms with Crippen LogP contribution in [0.15, 0.2) is 42.5 Å². The van der Waals surface area contributed by atoms with Gasteiger partial charge in [-0.1, -0.05) is 26.0 Å². The van der Waals surface area contributed by atoms with Crippen LogP contribution in [0, 0.1) is 23.2 Å². The minimum Gasteiger partial charge on any atom is -0.338 e. The minimum absolute atomic E-state index is 0.105. The fourth-order valence-corrected chi connectivity index (χ4v) is 5.13. The molecule has 0 aromatic heterocycles. The van der Waals surface area contributed by atoms with Crippen LogP contribution in [0.1, 0.15) is 60.2 Å². The number of hydrogen-bond acceptors (Lipinski definition) is 3. The zero-order chi connectivity index (χ0) is 22.7. The summed E-state index contributed by atoms with van der Waals surface area (Å²) in [7, 11) is 0. The number of carbonyl (C=O) groups excluding carboxylic acids is 2. The molecule has 2 atom stereocenters. The van der Waals surface area contributed by atoms with Crippen LogP contribution in [0.3, 0.4) is 0 Å². The Morgan fingerprint density at radius 2 is 1.78 bits per heavy atom. The van der Waals surface area contributed by atoms with Crippen molar-refractivity contribution in [2.45, 2.75) is 46.0 Å². The average molecular weight is 430 g/mol. The summed E-state index contributed by atoms with van der Waals surface area (Å²) in [5, 5.41) is 8.93. The summed E-state index contributed by atoms with van der Waals surface area (Å²) >= 11 is 0. The second kappa shape index (κ2) is 9.56. The number of benzene rings is 2. The molecular formula is C27H31N3O2. The van der Waals surface area contributed by atoms with Gasteiger partial charge in [0, 0.05) is 37.3 Å². The van der Waals surface area contributed by atoms with E-state index in [1.165, 1.54) is 6.42 Å². The van der Waals surface area contributed by atoms with Gasteiger partial charge in [0.2, 0.25) is 5.91 Å². The van der Waals surface area contributed by atoms with Crippen molar-refractivity contribution in [3.8, 4) is 6.07 Å². The fourth-order valence-electron chi connectivity index (χ4n) is 5.13. The molecule has 32 heavy (non-hydrogen) atoms. The number of piperidine rings is 1. The van der Waals surface area contributed by atoms with E-state index in [1.807, 2.05) is 40.1 Å². The average Bonchev–Trinajstić information content (AvgIpc) is 2.81. The molecule has 0 spiro atoms. The molecule has 2 aromatic carbocycles. The number of fused-ring (bicyclic) bond motifs is 1. The van der Waals surface area contributed by atoms with Crippen LogP contribution in [-0.2, 0) is 17.6 Å². The predicted octanol–water partition coefficient (Wildman–Crippen LogP) is 4.59. The van der Waals surface area contributed by atoms with Crippen LogP contribution >= 0.6 is 0 Å². The second-order valence-corrected chi connectivity index (χ2v) is 9.46. The smallest absolute Gasteiger partial charge is 0.253 e. The van der Waals surface area contributed by atoms with Gasteiger partial charge < -0.3 is 9.80 Å². The maximum atomic E-state index is 13.1. The Balaban J connectivity index is 1.44. The van der Waals surface area contributed by atoms with Gasteiger partial charge in [-0.05, 0) is 79.0 Å². The summed E-state index contributed by atoms with van der Waals surface area (Å²) in [6.07, 6.45) is 4.05. The van der Waals surface area contributed by atoms with Gasteiger partial charge in [0.25, 0.3) is 5.91 Å². The van der Waals surface area contributed by atoms with Crippen LogP contribution in [0.2, 0.25) is 0 Å². The van der Waals surface area contributed by atoms with Gasteiger partial charge in [-0.3, -0.25) is 9.59 Å². The number of anilines is 1. The van der Waals surface area contributed by atoms with Crippen molar-refractivity contribution in [3.63, 3.8) is 0 Å². The van der Waals surface area contributed by atoms with Gasteiger partial charge in [-0.2, -0.15) is 5.26 Å². The molecule has 2 aliphatic rings. The molecule has 5 heteroatoms. The maximum Gasteiger partial charge on any atom is 0.253 e. The number of aryl methyl sites for hydroxylation is 2. The zero-order valence-electron chi connectivity index (χ0n) is 19.0. The molecule has 4 rings (SSSR count). The summed E-state index contributed by atoms with van der Waals surface area (Å²) in [4.78, 5) is 30.0. The van der Waals surface area contributed by atoms with Crippen molar-refractivity contribution < 1.29 is 9.59 Å². The third kappa shape index (κ3) is 4.85. The molecule has 0 radical (unpaired) electrons. The predicted molar refractivity (Wildman–Crippen MR) is 125 cm³/mol. The van der Waals surface area contributed by atoms with Crippen molar-refractivity contribution in [2.24, 2.45) is 11.8 Å². The molecule has 2 unspecified atom stereocenters. The Kier molecular flexibility index (Phi) is 6.60. The molecule has 1 fully saturated rings. The largest absolute Gasteiger partial charge is 0.338 e. The highest BCUT2D eigenvalue weighted by molar-refractivity contribution is 5.98. The van der Waals surface area contributed by atoms with E-state index in [0.717, 1.165) is 48.3 Å². The van der Waals surface area contributed by atoms with Gasteiger partial charge in [0.15, 0.2) is 0 Å². The lowest BCUT2D eigenvalue weighted by atomic mass is 9.91. The van der Waals surface area contributed by atoms with E-state index in [2.05, 4.69) is 19.9 Å². The number of nitrogens with zero attached hydrogens (tertiary/aromatic N) is 3. The summed E-state index contributed by atoms with van der Waals surface area (Å²) in [5.74, 6) is 1.28. The number of rotatable bonds is 4. The molecule has 2 amide bonds. The number of hydrogen-bond donors (Lipinski definition) is 0. The van der Waals surface area contributed by atoms with E-state index in [4.69, 9.17) is 5.26 Å². The lowest BCUT2D eigenvalue weighted by molar-refractivity contribution is -0.118. The molecule has 0 N–H and O–H groups in total. The van der Waals surface area contributed by atoms with Crippen molar-refractivity contribution in [1.29, 1.82) is 5.26 Å². The quantitative estimate of drug-likeness (QED) is 0.714. The summed E-state index contributed by atoms with van der Waals surface area (Å²) in [6, 6.07) is 15.4. The highest BCUT2D eigenvalue weighted by Crippen LogP contribution is 2.30. The summed E-state index contributed by atoms with van der Waals surface area (Å²) in [5.41, 5.74) is 4.45. The van der Waals surface area contributed by atoms with E-state index < -0.39 is 0 Å². The van der Waals surface area contributed by atoms with Crippen LogP contribution < -0.4 is 4.90 Å². The zero-order valence-corrected chi connectivity index (χ0v) is 19.0. The number of likely N-dealkylation sites (tertiary alicyclic amines) is 1. The molecule has 5 nitrogen and oxygen atoms in total. The fraction of sp³-hybridized carbons (Fsp3) is 0.444. The number of nitriles is 1. The Bertz CT molecular complexity index is 1030. The Morgan fingerprint density at radius 1 is 1.06 bits per heavy atom. The third-order valence-electron chi connectivity index (χ3n) is 6.61. The molecule has 0 aliphatic carbocycles. The summed E-state index contributed by atoms with van der Waals surface area (Å²) < 4.78 is 0. The van der Waals surface area contributed by atoms with Gasteiger partial charge in [0.05, 0.1) is 11.6 Å². The Morgan fingerprint density at radius 3 is 2.47 bits per heavy atom. The third-order valence-corrected chi connectivity index (χ3v) is 6.61. The van der Waals surface area contributed by atoms with E-state index >= 15 is 0 Å². The lowest BCUT2D eigenvalue weighted by Gasteiger charge is -2.35. The topological polar surface area (TPSA) is 64.4 Å². The highest BCUT2D eigenvalue weighted by Gasteiger charge is 2.28. The number of carbonyl (C=O) groups is 2. The van der Waals surface area contributed by atoms with Crippen LogP contribution in [0.5, 0.6) is 0 Å².